The zero-order chi connectivity index (χ0) is 29.6. The number of phenols is 5. The van der Waals surface area contributed by atoms with Crippen molar-refractivity contribution in [1.29, 1.82) is 0 Å². The smallest absolute Gasteiger partial charge is 0.338 e. The van der Waals surface area contributed by atoms with Crippen LogP contribution in [0.2, 0.25) is 0 Å². The molecule has 1 fully saturated rings. The van der Waals surface area contributed by atoms with Crippen molar-refractivity contribution in [2.75, 3.05) is 6.61 Å². The van der Waals surface area contributed by atoms with Crippen molar-refractivity contribution in [2.24, 2.45) is 0 Å². The van der Waals surface area contributed by atoms with Crippen LogP contribution in [0.4, 0.5) is 0 Å². The number of hydrogen-bond acceptors (Lipinski definition) is 14. The molecule has 14 nitrogen and oxygen atoms in total. The highest BCUT2D eigenvalue weighted by molar-refractivity contribution is 5.91. The molecule has 0 bridgehead atoms. The molecule has 1 aliphatic rings. The lowest BCUT2D eigenvalue weighted by molar-refractivity contribution is -0.117. The van der Waals surface area contributed by atoms with E-state index in [1.54, 1.807) is 0 Å². The number of aliphatic hydroxyl groups is 2. The van der Waals surface area contributed by atoms with E-state index in [2.05, 4.69) is 0 Å². The number of carbonyl (C=O) groups is 1. The second-order valence-electron chi connectivity index (χ2n) is 9.07. The van der Waals surface area contributed by atoms with Crippen molar-refractivity contribution < 1.29 is 64.3 Å². The SMILES string of the molecule is O=C(OC[C@@H]1O[C@@H](Oc2cc(O)c3c(=O)c(O)c(-c4ccc(O)cc4)oc3c2)[C@H](O)[C@H]1O)c1cc(O)c(O)c(O)c1. The summed E-state index contributed by atoms with van der Waals surface area (Å²) in [4.78, 5) is 25.0. The Morgan fingerprint density at radius 2 is 1.49 bits per heavy atom. The molecule has 1 aromatic heterocycles. The Labute approximate surface area is 228 Å². The molecule has 1 aliphatic heterocycles. The van der Waals surface area contributed by atoms with Gasteiger partial charge in [-0.25, -0.2) is 4.79 Å². The number of aromatic hydroxyl groups is 6. The van der Waals surface area contributed by atoms with E-state index in [0.717, 1.165) is 18.2 Å². The highest BCUT2D eigenvalue weighted by Gasteiger charge is 2.45. The number of fused-ring (bicyclic) bond motifs is 1. The molecular weight excluding hydrogens is 548 g/mol. The Kier molecular flexibility index (Phi) is 6.96. The third kappa shape index (κ3) is 5.09. The van der Waals surface area contributed by atoms with Crippen LogP contribution in [-0.4, -0.2) is 78.0 Å². The number of carbonyl (C=O) groups excluding carboxylic acids is 1. The first-order valence-corrected chi connectivity index (χ1v) is 11.9. The first kappa shape index (κ1) is 27.4. The fourth-order valence-electron chi connectivity index (χ4n) is 4.19. The maximum absolute atomic E-state index is 12.7. The Morgan fingerprint density at radius 1 is 0.829 bits per heavy atom. The first-order chi connectivity index (χ1) is 19.4. The Morgan fingerprint density at radius 3 is 2.15 bits per heavy atom. The van der Waals surface area contributed by atoms with Gasteiger partial charge in [0.2, 0.25) is 17.5 Å². The van der Waals surface area contributed by atoms with Gasteiger partial charge in [-0.15, -0.1) is 0 Å². The quantitative estimate of drug-likeness (QED) is 0.121. The fourth-order valence-corrected chi connectivity index (χ4v) is 4.19. The zero-order valence-electron chi connectivity index (χ0n) is 20.7. The number of hydrogen-bond donors (Lipinski definition) is 8. The van der Waals surface area contributed by atoms with Crippen molar-refractivity contribution >= 4 is 16.9 Å². The number of aliphatic hydroxyl groups excluding tert-OH is 2. The largest absolute Gasteiger partial charge is 0.508 e. The summed E-state index contributed by atoms with van der Waals surface area (Å²) in [5.41, 5.74) is -1.21. The van der Waals surface area contributed by atoms with Gasteiger partial charge in [0.05, 0.1) is 5.56 Å². The van der Waals surface area contributed by atoms with Crippen LogP contribution in [-0.2, 0) is 9.47 Å². The summed E-state index contributed by atoms with van der Waals surface area (Å²) in [6.45, 7) is -0.591. The lowest BCUT2D eigenvalue weighted by atomic mass is 10.1. The summed E-state index contributed by atoms with van der Waals surface area (Å²) in [5.74, 6) is -5.28. The van der Waals surface area contributed by atoms with Gasteiger partial charge in [0, 0.05) is 17.7 Å². The summed E-state index contributed by atoms with van der Waals surface area (Å²) in [5, 5.41) is 79.3. The molecule has 1 saturated heterocycles. The average Bonchev–Trinajstić information content (AvgIpc) is 3.20. The Hall–Kier alpha value is -5.18. The third-order valence-corrected chi connectivity index (χ3v) is 6.31. The summed E-state index contributed by atoms with van der Waals surface area (Å²) in [6.07, 6.45) is -6.08. The number of rotatable bonds is 6. The number of ether oxygens (including phenoxy) is 3. The van der Waals surface area contributed by atoms with Crippen molar-refractivity contribution in [3.63, 3.8) is 0 Å². The normalized spacial score (nSPS) is 20.2. The summed E-state index contributed by atoms with van der Waals surface area (Å²) >= 11 is 0. The van der Waals surface area contributed by atoms with Crippen molar-refractivity contribution in [1.82, 2.24) is 0 Å². The third-order valence-electron chi connectivity index (χ3n) is 6.31. The van der Waals surface area contributed by atoms with E-state index >= 15 is 0 Å². The lowest BCUT2D eigenvalue weighted by Gasteiger charge is -2.17. The minimum Gasteiger partial charge on any atom is -0.508 e. The van der Waals surface area contributed by atoms with Crippen LogP contribution in [0.5, 0.6) is 40.2 Å². The van der Waals surface area contributed by atoms with Gasteiger partial charge in [0.15, 0.2) is 23.0 Å². The number of phenolic OH excluding ortho intramolecular Hbond substituents is 5. The van der Waals surface area contributed by atoms with E-state index in [1.807, 2.05) is 0 Å². The molecule has 3 aromatic carbocycles. The molecule has 214 valence electrons. The van der Waals surface area contributed by atoms with E-state index < -0.39 is 71.4 Å². The topological polar surface area (TPSA) is 237 Å². The van der Waals surface area contributed by atoms with Crippen LogP contribution in [0, 0.1) is 0 Å². The predicted octanol–water partition coefficient (Wildman–Crippen LogP) is 1.38. The molecule has 2 heterocycles. The van der Waals surface area contributed by atoms with Gasteiger partial charge in [0.25, 0.3) is 0 Å². The average molecular weight is 570 g/mol. The molecule has 0 saturated carbocycles. The monoisotopic (exact) mass is 570 g/mol. The molecule has 0 radical (unpaired) electrons. The second-order valence-corrected chi connectivity index (χ2v) is 9.07. The predicted molar refractivity (Wildman–Crippen MR) is 136 cm³/mol. The van der Waals surface area contributed by atoms with Crippen molar-refractivity contribution in [2.45, 2.75) is 24.6 Å². The van der Waals surface area contributed by atoms with Crippen molar-refractivity contribution in [3.05, 3.63) is 64.3 Å². The van der Waals surface area contributed by atoms with E-state index in [4.69, 9.17) is 18.6 Å². The van der Waals surface area contributed by atoms with Crippen LogP contribution in [0.25, 0.3) is 22.3 Å². The minimum atomic E-state index is -1.65. The minimum absolute atomic E-state index is 0.0611. The second kappa shape index (κ2) is 10.4. The highest BCUT2D eigenvalue weighted by Crippen LogP contribution is 2.38. The standard InChI is InChI=1S/C27H22O14/c28-12-3-1-10(2-4-12)25-23(35)22(34)19-14(29)7-13(8-17(19)40-25)39-27-24(36)21(33)18(41-27)9-38-26(37)11-5-15(30)20(32)16(31)6-11/h1-8,18,21,24,27-33,35-36H,9H2/t18-,21-,24+,27+/m0/s1. The summed E-state index contributed by atoms with van der Waals surface area (Å²) in [6, 6.07) is 9.28. The van der Waals surface area contributed by atoms with E-state index in [-0.39, 0.29) is 39.4 Å². The molecule has 0 unspecified atom stereocenters. The van der Waals surface area contributed by atoms with Crippen LogP contribution in [0.15, 0.2) is 57.7 Å². The van der Waals surface area contributed by atoms with Gasteiger partial charge in [-0.05, 0) is 36.4 Å². The van der Waals surface area contributed by atoms with E-state index in [0.29, 0.717) is 0 Å². The fraction of sp³-hybridized carbons (Fsp3) is 0.185. The van der Waals surface area contributed by atoms with Crippen LogP contribution < -0.4 is 10.2 Å². The number of benzene rings is 3. The molecule has 14 heteroatoms. The van der Waals surface area contributed by atoms with Gasteiger partial charge >= 0.3 is 5.97 Å². The van der Waals surface area contributed by atoms with Gasteiger partial charge in [-0.1, -0.05) is 0 Å². The van der Waals surface area contributed by atoms with Gasteiger partial charge in [-0.2, -0.15) is 0 Å². The zero-order valence-corrected chi connectivity index (χ0v) is 20.7. The Bertz CT molecular complexity index is 1670. The van der Waals surface area contributed by atoms with Gasteiger partial charge < -0.3 is 59.5 Å². The van der Waals surface area contributed by atoms with E-state index in [1.165, 1.54) is 30.3 Å². The molecule has 0 spiro atoms. The van der Waals surface area contributed by atoms with Crippen LogP contribution in [0.3, 0.4) is 0 Å². The van der Waals surface area contributed by atoms with E-state index in [9.17, 15) is 50.4 Å². The summed E-state index contributed by atoms with van der Waals surface area (Å²) < 4.78 is 21.7. The molecular formula is C27H22O14. The molecule has 8 N–H and O–H groups in total. The molecule has 5 rings (SSSR count). The van der Waals surface area contributed by atoms with Crippen LogP contribution >= 0.6 is 0 Å². The van der Waals surface area contributed by atoms with Crippen molar-refractivity contribution in [3.8, 4) is 51.6 Å². The molecule has 4 atom stereocenters. The maximum Gasteiger partial charge on any atom is 0.338 e. The van der Waals surface area contributed by atoms with Gasteiger partial charge in [0.1, 0.15) is 53.1 Å². The van der Waals surface area contributed by atoms with Crippen LogP contribution in [0.1, 0.15) is 10.4 Å². The Balaban J connectivity index is 1.34. The maximum atomic E-state index is 12.7. The highest BCUT2D eigenvalue weighted by atomic mass is 16.7. The summed E-state index contributed by atoms with van der Waals surface area (Å²) in [7, 11) is 0. The molecule has 41 heavy (non-hydrogen) atoms. The van der Waals surface area contributed by atoms with Gasteiger partial charge in [-0.3, -0.25) is 4.79 Å². The molecule has 4 aromatic rings. The number of esters is 1. The molecule has 0 amide bonds. The lowest BCUT2D eigenvalue weighted by Crippen LogP contribution is -2.36. The first-order valence-electron chi connectivity index (χ1n) is 11.9. The molecule has 0 aliphatic carbocycles.